The Labute approximate surface area is 369 Å². The molecule has 7 rings (SSSR count). The second-order valence-corrected chi connectivity index (χ2v) is 16.2. The maximum atomic E-state index is 14.8. The van der Waals surface area contributed by atoms with Gasteiger partial charge in [-0.1, -0.05) is 60.5 Å². The Morgan fingerprint density at radius 3 is 2.43 bits per heavy atom. The van der Waals surface area contributed by atoms with E-state index in [0.717, 1.165) is 47.6 Å². The van der Waals surface area contributed by atoms with Gasteiger partial charge in [-0.2, -0.15) is 0 Å². The van der Waals surface area contributed by atoms with Gasteiger partial charge in [0, 0.05) is 49.8 Å². The number of unbranched alkanes of at least 4 members (excludes halogenated alkanes) is 2. The van der Waals surface area contributed by atoms with E-state index in [-0.39, 0.29) is 49.9 Å². The molecule has 0 spiro atoms. The summed E-state index contributed by atoms with van der Waals surface area (Å²) < 4.78 is 31.1. The lowest BCUT2D eigenvalue weighted by Crippen LogP contribution is -2.69. The SMILES string of the molecule is C=CCO[C@@]12Oc3ccc(OC(=O)Nc4ccc(OC)cc4OC)cc3[C@H]3[C@H](CCCCO)[C@@H](CCCCO)C=C(C(=NOCC)C[C@@H]1N(C)C(=O)c1ccc4ccccc4c1)[C@H]32. The van der Waals surface area contributed by atoms with Crippen LogP contribution in [-0.4, -0.2) is 92.3 Å². The lowest BCUT2D eigenvalue weighted by Gasteiger charge is -2.59. The Bertz CT molecular complexity index is 2330. The number of likely N-dealkylation sites (N-methyl/N-ethyl adjacent to an activating group) is 1. The summed E-state index contributed by atoms with van der Waals surface area (Å²) >= 11 is 0. The van der Waals surface area contributed by atoms with Crippen LogP contribution in [0.15, 0.2) is 108 Å². The highest BCUT2D eigenvalue weighted by atomic mass is 16.7. The van der Waals surface area contributed by atoms with Crippen molar-refractivity contribution in [3.05, 3.63) is 114 Å². The monoisotopic (exact) mass is 861 g/mol. The Morgan fingerprint density at radius 1 is 0.937 bits per heavy atom. The lowest BCUT2D eigenvalue weighted by atomic mass is 9.55. The first-order valence-electron chi connectivity index (χ1n) is 21.9. The standard InChI is InChI=1S/C50H59N3O10/c1-6-26-60-50-45(53(3)48(56)35-19-18-32-14-8-9-15-33(32)27-35)31-42(52-61-7-2)39-28-34(16-10-12-24-54)38(17-11-13-25-55)46(47(39)50)40-29-37(21-23-43(40)63-50)62-49(57)51-41-22-20-36(58-4)30-44(41)59-5/h6,8-9,14-15,18-23,27-30,34,38,45-47,54-55H,1,7,10-13,16-17,24-26,31H2,2-5H3,(H,51,57)/t34-,38+,45-,46+,47+,50+/m0/s1. The smallest absolute Gasteiger partial charge is 0.417 e. The zero-order valence-corrected chi connectivity index (χ0v) is 36.6. The maximum Gasteiger partial charge on any atom is 0.417 e. The number of methoxy groups -OCH3 is 2. The number of rotatable bonds is 19. The summed E-state index contributed by atoms with van der Waals surface area (Å²) in [7, 11) is 4.84. The van der Waals surface area contributed by atoms with Crippen LogP contribution in [0, 0.1) is 17.8 Å². The summed E-state index contributed by atoms with van der Waals surface area (Å²) in [5.74, 6) is -0.634. The van der Waals surface area contributed by atoms with Gasteiger partial charge in [0.1, 0.15) is 35.6 Å². The quantitative estimate of drug-likeness (QED) is 0.0473. The molecule has 0 bridgehead atoms. The number of hydrogen-bond acceptors (Lipinski definition) is 11. The Morgan fingerprint density at radius 2 is 1.70 bits per heavy atom. The fraction of sp³-hybridized carbons (Fsp3) is 0.420. The van der Waals surface area contributed by atoms with Crippen molar-refractivity contribution in [3.63, 3.8) is 0 Å². The summed E-state index contributed by atoms with van der Waals surface area (Å²) in [4.78, 5) is 35.9. The molecular formula is C50H59N3O10. The molecule has 0 saturated heterocycles. The number of nitrogens with zero attached hydrogens (tertiary/aromatic N) is 2. The molecule has 1 fully saturated rings. The highest BCUT2D eigenvalue weighted by molar-refractivity contribution is 6.04. The number of carbonyl (C=O) groups excluding carboxylic acids is 2. The average molecular weight is 862 g/mol. The van der Waals surface area contributed by atoms with Crippen LogP contribution >= 0.6 is 0 Å². The van der Waals surface area contributed by atoms with Crippen LogP contribution in [0.4, 0.5) is 10.5 Å². The van der Waals surface area contributed by atoms with E-state index in [1.165, 1.54) is 7.11 Å². The highest BCUT2D eigenvalue weighted by Crippen LogP contribution is 2.62. The average Bonchev–Trinajstić information content (AvgIpc) is 3.30. The largest absolute Gasteiger partial charge is 0.497 e. The van der Waals surface area contributed by atoms with E-state index in [1.54, 1.807) is 55.5 Å². The summed E-state index contributed by atoms with van der Waals surface area (Å²) in [6.07, 6.45) is 7.89. The van der Waals surface area contributed by atoms with Crippen LogP contribution in [-0.2, 0) is 9.57 Å². The summed E-state index contributed by atoms with van der Waals surface area (Å²) in [6, 6.07) is 23.4. The maximum absolute atomic E-state index is 14.8. The van der Waals surface area contributed by atoms with Gasteiger partial charge in [0.05, 0.1) is 38.1 Å². The van der Waals surface area contributed by atoms with Crippen LogP contribution < -0.4 is 24.3 Å². The van der Waals surface area contributed by atoms with Crippen molar-refractivity contribution in [2.24, 2.45) is 22.9 Å². The van der Waals surface area contributed by atoms with Gasteiger partial charge in [0.25, 0.3) is 5.91 Å². The van der Waals surface area contributed by atoms with Crippen molar-refractivity contribution < 1.29 is 48.3 Å². The fourth-order valence-electron chi connectivity index (χ4n) is 9.75. The predicted octanol–water partition coefficient (Wildman–Crippen LogP) is 8.89. The van der Waals surface area contributed by atoms with Gasteiger partial charge in [-0.3, -0.25) is 10.1 Å². The first-order chi connectivity index (χ1) is 30.7. The summed E-state index contributed by atoms with van der Waals surface area (Å²) in [5, 5.41) is 29.3. The molecule has 2 aliphatic carbocycles. The minimum atomic E-state index is -1.43. The van der Waals surface area contributed by atoms with Crippen LogP contribution in [0.3, 0.4) is 0 Å². The number of benzene rings is 4. The normalized spacial score (nSPS) is 22.8. The van der Waals surface area contributed by atoms with E-state index >= 15 is 0 Å². The van der Waals surface area contributed by atoms with Gasteiger partial charge in [0.2, 0.25) is 5.79 Å². The molecule has 2 amide bonds. The van der Waals surface area contributed by atoms with E-state index in [9.17, 15) is 19.8 Å². The van der Waals surface area contributed by atoms with Crippen LogP contribution in [0.5, 0.6) is 23.0 Å². The van der Waals surface area contributed by atoms with E-state index < -0.39 is 23.8 Å². The number of allylic oxidation sites excluding steroid dienone is 1. The number of amides is 2. The molecule has 1 saturated carbocycles. The van der Waals surface area contributed by atoms with Crippen molar-refractivity contribution >= 4 is 34.2 Å². The molecule has 0 unspecified atom stereocenters. The molecule has 6 atom stereocenters. The van der Waals surface area contributed by atoms with Gasteiger partial charge in [0.15, 0.2) is 0 Å². The number of hydrogen-bond donors (Lipinski definition) is 3. The number of aliphatic hydroxyl groups excluding tert-OH is 2. The molecule has 3 aliphatic rings. The predicted molar refractivity (Wildman–Crippen MR) is 242 cm³/mol. The molecule has 1 heterocycles. The van der Waals surface area contributed by atoms with Crippen molar-refractivity contribution in [1.82, 2.24) is 4.90 Å². The number of fused-ring (bicyclic) bond motifs is 3. The number of ether oxygens (including phenoxy) is 5. The third-order valence-corrected chi connectivity index (χ3v) is 12.6. The zero-order valence-electron chi connectivity index (χ0n) is 36.6. The molecule has 13 heteroatoms. The van der Waals surface area contributed by atoms with Crippen LogP contribution in [0.2, 0.25) is 0 Å². The van der Waals surface area contributed by atoms with Gasteiger partial charge in [-0.25, -0.2) is 4.79 Å². The number of nitrogens with one attached hydrogen (secondary N) is 1. The second-order valence-electron chi connectivity index (χ2n) is 16.2. The van der Waals surface area contributed by atoms with Crippen molar-refractivity contribution in [2.75, 3.05) is 53.0 Å². The number of oxime groups is 1. The fourth-order valence-corrected chi connectivity index (χ4v) is 9.75. The van der Waals surface area contributed by atoms with Gasteiger partial charge in [-0.15, -0.1) is 6.58 Å². The van der Waals surface area contributed by atoms with Crippen molar-refractivity contribution in [3.8, 4) is 23.0 Å². The highest BCUT2D eigenvalue weighted by Gasteiger charge is 2.65. The topological polar surface area (TPSA) is 158 Å². The Hall–Kier alpha value is -5.89. The lowest BCUT2D eigenvalue weighted by molar-refractivity contribution is -0.252. The molecule has 3 N–H and O–H groups in total. The molecule has 63 heavy (non-hydrogen) atoms. The Balaban J connectivity index is 1.37. The minimum absolute atomic E-state index is 0.0143. The van der Waals surface area contributed by atoms with Crippen molar-refractivity contribution in [2.45, 2.75) is 69.6 Å². The zero-order chi connectivity index (χ0) is 44.5. The number of carbonyl (C=O) groups is 2. The molecular weight excluding hydrogens is 803 g/mol. The third-order valence-electron chi connectivity index (χ3n) is 12.6. The molecule has 4 aromatic rings. The molecule has 13 nitrogen and oxygen atoms in total. The van der Waals surface area contributed by atoms with E-state index in [1.807, 2.05) is 55.5 Å². The summed E-state index contributed by atoms with van der Waals surface area (Å²) in [6.45, 7) is 6.50. The van der Waals surface area contributed by atoms with Gasteiger partial charge >= 0.3 is 6.09 Å². The first kappa shape index (κ1) is 45.1. The molecule has 0 radical (unpaired) electrons. The minimum Gasteiger partial charge on any atom is -0.497 e. The van der Waals surface area contributed by atoms with Gasteiger partial charge in [-0.05, 0) is 103 Å². The number of aliphatic hydroxyl groups is 2. The third kappa shape index (κ3) is 9.41. The molecule has 4 aromatic carbocycles. The van der Waals surface area contributed by atoms with Crippen molar-refractivity contribution in [1.29, 1.82) is 0 Å². The summed E-state index contributed by atoms with van der Waals surface area (Å²) in [5.41, 5.74) is 3.35. The van der Waals surface area contributed by atoms with E-state index in [0.29, 0.717) is 59.4 Å². The van der Waals surface area contributed by atoms with Crippen LogP contribution in [0.1, 0.15) is 73.7 Å². The Kier molecular flexibility index (Phi) is 14.7. The molecule has 334 valence electrons. The number of anilines is 1. The second kappa shape index (κ2) is 20.5. The van der Waals surface area contributed by atoms with Crippen LogP contribution in [0.25, 0.3) is 10.8 Å². The molecule has 1 aliphatic heterocycles. The first-order valence-corrected chi connectivity index (χ1v) is 21.9. The van der Waals surface area contributed by atoms with E-state index in [2.05, 4.69) is 18.0 Å². The van der Waals surface area contributed by atoms with E-state index in [4.69, 9.17) is 33.7 Å². The molecule has 0 aromatic heterocycles. The van der Waals surface area contributed by atoms with Gasteiger partial charge < -0.3 is 43.6 Å².